The van der Waals surface area contributed by atoms with Gasteiger partial charge in [0.05, 0.1) is 18.1 Å². The quantitative estimate of drug-likeness (QED) is 0.622. The van der Waals surface area contributed by atoms with Crippen molar-refractivity contribution in [3.63, 3.8) is 0 Å². The van der Waals surface area contributed by atoms with Crippen molar-refractivity contribution in [3.05, 3.63) is 42.5 Å². The van der Waals surface area contributed by atoms with Crippen LogP contribution in [0.25, 0.3) is 0 Å². The topological polar surface area (TPSA) is 64.1 Å². The van der Waals surface area contributed by atoms with Crippen LogP contribution >= 0.6 is 11.6 Å². The SMILES string of the molecule is O=C(CCCCCl)Nc1cnc(Oc2cccc(F)c2)nc1. The maximum Gasteiger partial charge on any atom is 0.322 e. The second kappa shape index (κ2) is 8.29. The van der Waals surface area contributed by atoms with Crippen LogP contribution < -0.4 is 10.1 Å². The van der Waals surface area contributed by atoms with Crippen molar-refractivity contribution >= 4 is 23.2 Å². The fourth-order valence-corrected chi connectivity index (χ4v) is 1.86. The first-order chi connectivity index (χ1) is 10.7. The Morgan fingerprint density at radius 2 is 2.05 bits per heavy atom. The Bertz CT molecular complexity index is 622. The number of carbonyl (C=O) groups is 1. The molecule has 2 rings (SSSR count). The number of amides is 1. The molecule has 0 unspecified atom stereocenters. The number of carbonyl (C=O) groups excluding carboxylic acids is 1. The number of hydrogen-bond acceptors (Lipinski definition) is 4. The molecule has 5 nitrogen and oxygen atoms in total. The Kier molecular flexibility index (Phi) is 6.09. The number of nitrogens with one attached hydrogen (secondary N) is 1. The van der Waals surface area contributed by atoms with Gasteiger partial charge in [0.1, 0.15) is 11.6 Å². The summed E-state index contributed by atoms with van der Waals surface area (Å²) >= 11 is 5.55. The van der Waals surface area contributed by atoms with Crippen molar-refractivity contribution < 1.29 is 13.9 Å². The number of unbranched alkanes of at least 4 members (excludes halogenated alkanes) is 1. The molecule has 1 aromatic heterocycles. The van der Waals surface area contributed by atoms with E-state index in [1.165, 1.54) is 30.6 Å². The maximum atomic E-state index is 13.0. The summed E-state index contributed by atoms with van der Waals surface area (Å²) in [6.07, 6.45) is 4.79. The summed E-state index contributed by atoms with van der Waals surface area (Å²) in [6, 6.07) is 5.75. The minimum absolute atomic E-state index is 0.0748. The van der Waals surface area contributed by atoms with Gasteiger partial charge in [-0.2, -0.15) is 0 Å². The van der Waals surface area contributed by atoms with Gasteiger partial charge in [-0.15, -0.1) is 11.6 Å². The van der Waals surface area contributed by atoms with Gasteiger partial charge in [-0.25, -0.2) is 14.4 Å². The predicted octanol–water partition coefficient (Wildman–Crippen LogP) is 3.76. The van der Waals surface area contributed by atoms with E-state index in [0.29, 0.717) is 23.7 Å². The summed E-state index contributed by atoms with van der Waals surface area (Å²) in [4.78, 5) is 19.5. The molecule has 0 aliphatic rings. The van der Waals surface area contributed by atoms with E-state index in [1.54, 1.807) is 6.07 Å². The largest absolute Gasteiger partial charge is 0.424 e. The summed E-state index contributed by atoms with van der Waals surface area (Å²) in [5.74, 6) is 0.325. The second-order valence-electron chi connectivity index (χ2n) is 4.51. The molecule has 0 aliphatic carbocycles. The first-order valence-corrected chi connectivity index (χ1v) is 7.32. The van der Waals surface area contributed by atoms with Gasteiger partial charge in [-0.05, 0) is 25.0 Å². The van der Waals surface area contributed by atoms with Crippen LogP contribution in [0.2, 0.25) is 0 Å². The van der Waals surface area contributed by atoms with Crippen molar-refractivity contribution in [2.24, 2.45) is 0 Å². The highest BCUT2D eigenvalue weighted by Gasteiger charge is 2.05. The van der Waals surface area contributed by atoms with Crippen LogP contribution in [0.5, 0.6) is 11.8 Å². The predicted molar refractivity (Wildman–Crippen MR) is 81.7 cm³/mol. The lowest BCUT2D eigenvalue weighted by molar-refractivity contribution is -0.116. The van der Waals surface area contributed by atoms with Crippen molar-refractivity contribution in [1.29, 1.82) is 0 Å². The van der Waals surface area contributed by atoms with E-state index < -0.39 is 5.82 Å². The number of ether oxygens (including phenoxy) is 1. The first-order valence-electron chi connectivity index (χ1n) is 6.78. The summed E-state index contributed by atoms with van der Waals surface area (Å²) < 4.78 is 18.3. The van der Waals surface area contributed by atoms with Gasteiger partial charge in [0.25, 0.3) is 0 Å². The molecular formula is C15H15ClFN3O2. The Morgan fingerprint density at radius 3 is 2.73 bits per heavy atom. The molecular weight excluding hydrogens is 309 g/mol. The second-order valence-corrected chi connectivity index (χ2v) is 4.89. The zero-order valence-electron chi connectivity index (χ0n) is 11.8. The van der Waals surface area contributed by atoms with Gasteiger partial charge in [-0.3, -0.25) is 4.79 Å². The van der Waals surface area contributed by atoms with Gasteiger partial charge < -0.3 is 10.1 Å². The van der Waals surface area contributed by atoms with E-state index in [2.05, 4.69) is 15.3 Å². The molecule has 0 bridgehead atoms. The van der Waals surface area contributed by atoms with Gasteiger partial charge in [0.2, 0.25) is 5.91 Å². The minimum Gasteiger partial charge on any atom is -0.424 e. The van der Waals surface area contributed by atoms with Crippen LogP contribution in [0.1, 0.15) is 19.3 Å². The Morgan fingerprint density at radius 1 is 1.27 bits per heavy atom. The molecule has 0 radical (unpaired) electrons. The Balaban J connectivity index is 1.88. The first kappa shape index (κ1) is 16.2. The van der Waals surface area contributed by atoms with Crippen LogP contribution in [0.4, 0.5) is 10.1 Å². The number of hydrogen-bond donors (Lipinski definition) is 1. The van der Waals surface area contributed by atoms with E-state index >= 15 is 0 Å². The van der Waals surface area contributed by atoms with Crippen molar-refractivity contribution in [2.45, 2.75) is 19.3 Å². The molecule has 1 amide bonds. The van der Waals surface area contributed by atoms with Crippen LogP contribution in [-0.4, -0.2) is 21.8 Å². The van der Waals surface area contributed by atoms with Crippen molar-refractivity contribution in [1.82, 2.24) is 9.97 Å². The summed E-state index contributed by atoms with van der Waals surface area (Å²) in [6.45, 7) is 0. The molecule has 116 valence electrons. The number of rotatable bonds is 7. The van der Waals surface area contributed by atoms with Crippen molar-refractivity contribution in [3.8, 4) is 11.8 Å². The van der Waals surface area contributed by atoms with E-state index in [4.69, 9.17) is 16.3 Å². The average molecular weight is 324 g/mol. The normalized spacial score (nSPS) is 10.3. The fraction of sp³-hybridized carbons (Fsp3) is 0.267. The Labute approximate surface area is 132 Å². The minimum atomic E-state index is -0.404. The molecule has 2 aromatic rings. The monoisotopic (exact) mass is 323 g/mol. The summed E-state index contributed by atoms with van der Waals surface area (Å²) in [7, 11) is 0. The molecule has 1 aromatic carbocycles. The van der Waals surface area contributed by atoms with Gasteiger partial charge >= 0.3 is 6.01 Å². The number of aromatic nitrogens is 2. The number of nitrogens with zero attached hydrogens (tertiary/aromatic N) is 2. The third-order valence-corrected chi connectivity index (χ3v) is 2.97. The Hall–Kier alpha value is -2.21. The van der Waals surface area contributed by atoms with Gasteiger partial charge in [0.15, 0.2) is 0 Å². The third kappa shape index (κ3) is 5.29. The molecule has 0 fully saturated rings. The van der Waals surface area contributed by atoms with E-state index in [1.807, 2.05) is 0 Å². The maximum absolute atomic E-state index is 13.0. The lowest BCUT2D eigenvalue weighted by Crippen LogP contribution is -2.11. The lowest BCUT2D eigenvalue weighted by Gasteiger charge is -2.06. The zero-order chi connectivity index (χ0) is 15.8. The molecule has 0 atom stereocenters. The fourth-order valence-electron chi connectivity index (χ4n) is 1.67. The lowest BCUT2D eigenvalue weighted by atomic mass is 10.2. The number of benzene rings is 1. The van der Waals surface area contributed by atoms with E-state index in [0.717, 1.165) is 12.8 Å². The molecule has 22 heavy (non-hydrogen) atoms. The molecule has 1 heterocycles. The smallest absolute Gasteiger partial charge is 0.322 e. The van der Waals surface area contributed by atoms with Crippen molar-refractivity contribution in [2.75, 3.05) is 11.2 Å². The van der Waals surface area contributed by atoms with Gasteiger partial charge in [-0.1, -0.05) is 6.07 Å². The number of halogens is 2. The summed E-state index contributed by atoms with van der Waals surface area (Å²) in [5, 5.41) is 2.68. The average Bonchev–Trinajstić information content (AvgIpc) is 2.50. The van der Waals surface area contributed by atoms with Crippen LogP contribution in [0.3, 0.4) is 0 Å². The van der Waals surface area contributed by atoms with Crippen LogP contribution in [0.15, 0.2) is 36.7 Å². The van der Waals surface area contributed by atoms with Crippen LogP contribution in [0, 0.1) is 5.82 Å². The van der Waals surface area contributed by atoms with Crippen LogP contribution in [-0.2, 0) is 4.79 Å². The van der Waals surface area contributed by atoms with E-state index in [9.17, 15) is 9.18 Å². The molecule has 0 spiro atoms. The highest BCUT2D eigenvalue weighted by Crippen LogP contribution is 2.18. The standard InChI is InChI=1S/C15H15ClFN3O2/c16-7-2-1-6-14(21)20-12-9-18-15(19-10-12)22-13-5-3-4-11(17)8-13/h3-5,8-10H,1-2,6-7H2,(H,20,21). The van der Waals surface area contributed by atoms with Gasteiger partial charge in [0, 0.05) is 18.4 Å². The summed E-state index contributed by atoms with van der Waals surface area (Å²) in [5.41, 5.74) is 0.475. The highest BCUT2D eigenvalue weighted by atomic mass is 35.5. The number of anilines is 1. The molecule has 0 saturated carbocycles. The zero-order valence-corrected chi connectivity index (χ0v) is 12.5. The highest BCUT2D eigenvalue weighted by molar-refractivity contribution is 6.17. The molecule has 7 heteroatoms. The molecule has 1 N–H and O–H groups in total. The third-order valence-electron chi connectivity index (χ3n) is 2.70. The molecule has 0 aliphatic heterocycles. The number of alkyl halides is 1. The van der Waals surface area contributed by atoms with E-state index in [-0.39, 0.29) is 11.9 Å². The molecule has 0 saturated heterocycles.